The van der Waals surface area contributed by atoms with Gasteiger partial charge in [0.1, 0.15) is 5.82 Å². The summed E-state index contributed by atoms with van der Waals surface area (Å²) in [6.45, 7) is 4.05. The number of carboxylic acid groups (broad SMARTS) is 1. The van der Waals surface area contributed by atoms with Crippen LogP contribution in [0.3, 0.4) is 0 Å². The summed E-state index contributed by atoms with van der Waals surface area (Å²) in [4.78, 5) is 11.2. The van der Waals surface area contributed by atoms with Gasteiger partial charge < -0.3 is 15.2 Å². The van der Waals surface area contributed by atoms with E-state index in [9.17, 15) is 23.1 Å². The summed E-state index contributed by atoms with van der Waals surface area (Å²) in [5.74, 6) is -1.43. The number of carbonyl (C=O) groups is 1. The van der Waals surface area contributed by atoms with Crippen molar-refractivity contribution in [3.63, 3.8) is 0 Å². The molecule has 2 atom stereocenters. The maximum absolute atomic E-state index is 13.4. The number of hydrogen-bond donors (Lipinski definition) is 1. The number of nitrogens with zero attached hydrogens (tertiary/aromatic N) is 2. The fourth-order valence-corrected chi connectivity index (χ4v) is 3.04. The Balaban J connectivity index is 2.00. The minimum Gasteiger partial charge on any atom is -0.545 e. The molecule has 1 aromatic heterocycles. The molecule has 0 aliphatic carbocycles. The summed E-state index contributed by atoms with van der Waals surface area (Å²) in [7, 11) is 0. The maximum atomic E-state index is 13.4. The lowest BCUT2D eigenvalue weighted by Crippen LogP contribution is -2.36. The number of fused-ring (bicyclic) bond motifs is 1. The second kappa shape index (κ2) is 6.09. The Labute approximate surface area is 142 Å². The summed E-state index contributed by atoms with van der Waals surface area (Å²) >= 11 is 0. The van der Waals surface area contributed by atoms with E-state index in [-0.39, 0.29) is 17.8 Å². The van der Waals surface area contributed by atoms with Gasteiger partial charge in [0.25, 0.3) is 0 Å². The van der Waals surface area contributed by atoms with Gasteiger partial charge in [0, 0.05) is 6.42 Å². The maximum Gasteiger partial charge on any atom is 0.410 e. The first-order chi connectivity index (χ1) is 11.7. The molecule has 0 unspecified atom stereocenters. The smallest absolute Gasteiger partial charge is 0.410 e. The van der Waals surface area contributed by atoms with E-state index in [1.54, 1.807) is 12.1 Å². The van der Waals surface area contributed by atoms with Crippen molar-refractivity contribution in [1.29, 1.82) is 0 Å². The molecule has 5 nitrogen and oxygen atoms in total. The molecule has 1 aromatic carbocycles. The predicted octanol–water partition coefficient (Wildman–Crippen LogP) is 3.03. The zero-order valence-corrected chi connectivity index (χ0v) is 13.7. The second-order valence-corrected chi connectivity index (χ2v) is 6.45. The van der Waals surface area contributed by atoms with E-state index in [1.165, 1.54) is 0 Å². The second-order valence-electron chi connectivity index (χ2n) is 6.45. The van der Waals surface area contributed by atoms with Crippen molar-refractivity contribution in [3.8, 4) is 0 Å². The van der Waals surface area contributed by atoms with Crippen molar-refractivity contribution in [2.45, 2.75) is 44.4 Å². The third-order valence-corrected chi connectivity index (χ3v) is 4.46. The number of carbonyl (C=O) groups excluding carboxylic acids is 1. The SMILES string of the molecule is CC(C)c1ccc([C@H]2C[C@H](C(F)(F)F)n3ncc(C(=O)[O-])c3N2)cc1. The molecule has 0 saturated heterocycles. The fourth-order valence-electron chi connectivity index (χ4n) is 3.04. The minimum atomic E-state index is -4.54. The number of aromatic carboxylic acids is 1. The lowest BCUT2D eigenvalue weighted by Gasteiger charge is -2.34. The number of rotatable bonds is 3. The molecule has 0 fully saturated rings. The topological polar surface area (TPSA) is 70.0 Å². The zero-order chi connectivity index (χ0) is 18.4. The van der Waals surface area contributed by atoms with Crippen LogP contribution in [-0.4, -0.2) is 21.9 Å². The summed E-state index contributed by atoms with van der Waals surface area (Å²) in [5.41, 5.74) is 1.36. The normalized spacial score (nSPS) is 20.2. The van der Waals surface area contributed by atoms with Crippen LogP contribution in [-0.2, 0) is 0 Å². The monoisotopic (exact) mass is 352 g/mol. The molecule has 0 amide bonds. The van der Waals surface area contributed by atoms with Crippen LogP contribution in [0.25, 0.3) is 0 Å². The number of carboxylic acids is 1. The van der Waals surface area contributed by atoms with Gasteiger partial charge in [-0.2, -0.15) is 18.3 Å². The number of benzene rings is 1. The average molecular weight is 352 g/mol. The summed E-state index contributed by atoms with van der Waals surface area (Å²) in [6, 6.07) is 4.71. The summed E-state index contributed by atoms with van der Waals surface area (Å²) < 4.78 is 41.0. The molecule has 2 heterocycles. The van der Waals surface area contributed by atoms with Crippen molar-refractivity contribution in [3.05, 3.63) is 47.2 Å². The fraction of sp³-hybridized carbons (Fsp3) is 0.412. The average Bonchev–Trinajstić information content (AvgIpc) is 2.97. The highest BCUT2D eigenvalue weighted by atomic mass is 19.4. The molecule has 8 heteroatoms. The highest BCUT2D eigenvalue weighted by Gasteiger charge is 2.46. The number of hydrogen-bond acceptors (Lipinski definition) is 4. The van der Waals surface area contributed by atoms with Crippen LogP contribution in [0.1, 0.15) is 59.8 Å². The quantitative estimate of drug-likeness (QED) is 0.922. The van der Waals surface area contributed by atoms with E-state index in [4.69, 9.17) is 0 Å². The standard InChI is InChI=1S/C17H18F3N3O2/c1-9(2)10-3-5-11(6-4-10)13-7-14(17(18,19)20)23-15(22-13)12(8-21-23)16(24)25/h3-6,8-9,13-14,22H,7H2,1-2H3,(H,24,25)/p-1/t13-,14-/m1/s1. The zero-order valence-electron chi connectivity index (χ0n) is 13.7. The molecule has 0 saturated carbocycles. The molecule has 1 aliphatic heterocycles. The van der Waals surface area contributed by atoms with Gasteiger partial charge >= 0.3 is 6.18 Å². The minimum absolute atomic E-state index is 0.175. The van der Waals surface area contributed by atoms with Gasteiger partial charge in [-0.3, -0.25) is 0 Å². The Bertz CT molecular complexity index is 781. The Kier molecular flexibility index (Phi) is 4.22. The number of anilines is 1. The first-order valence-corrected chi connectivity index (χ1v) is 7.90. The Hall–Kier alpha value is -2.51. The van der Waals surface area contributed by atoms with E-state index in [2.05, 4.69) is 10.4 Å². The highest BCUT2D eigenvalue weighted by Crippen LogP contribution is 2.44. The lowest BCUT2D eigenvalue weighted by atomic mass is 9.94. The van der Waals surface area contributed by atoms with E-state index in [0.29, 0.717) is 16.2 Å². The Morgan fingerprint density at radius 3 is 2.48 bits per heavy atom. The van der Waals surface area contributed by atoms with Gasteiger partial charge in [0.05, 0.1) is 23.8 Å². The van der Waals surface area contributed by atoms with Gasteiger partial charge in [0.2, 0.25) is 0 Å². The number of alkyl halides is 3. The molecular weight excluding hydrogens is 335 g/mol. The van der Waals surface area contributed by atoms with Crippen molar-refractivity contribution in [2.75, 3.05) is 5.32 Å². The van der Waals surface area contributed by atoms with E-state index >= 15 is 0 Å². The third kappa shape index (κ3) is 3.20. The summed E-state index contributed by atoms with van der Waals surface area (Å²) in [5, 5.41) is 17.6. The van der Waals surface area contributed by atoms with Gasteiger partial charge in [0.15, 0.2) is 6.04 Å². The van der Waals surface area contributed by atoms with Crippen LogP contribution in [0.2, 0.25) is 0 Å². The van der Waals surface area contributed by atoms with E-state index in [1.807, 2.05) is 26.0 Å². The molecule has 0 spiro atoms. The largest absolute Gasteiger partial charge is 0.545 e. The molecule has 1 N–H and O–H groups in total. The third-order valence-electron chi connectivity index (χ3n) is 4.46. The molecule has 134 valence electrons. The van der Waals surface area contributed by atoms with Crippen molar-refractivity contribution < 1.29 is 23.1 Å². The first kappa shape index (κ1) is 17.3. The molecule has 1 aliphatic rings. The van der Waals surface area contributed by atoms with Crippen LogP contribution in [0.4, 0.5) is 19.0 Å². The lowest BCUT2D eigenvalue weighted by molar-refractivity contribution is -0.255. The van der Waals surface area contributed by atoms with Gasteiger partial charge in [-0.25, -0.2) is 4.68 Å². The predicted molar refractivity (Wildman–Crippen MR) is 83.2 cm³/mol. The van der Waals surface area contributed by atoms with E-state index in [0.717, 1.165) is 11.8 Å². The molecular formula is C17H17F3N3O2-. The number of aromatic nitrogens is 2. The Morgan fingerprint density at radius 1 is 1.32 bits per heavy atom. The van der Waals surface area contributed by atoms with Crippen LogP contribution in [0.15, 0.2) is 30.5 Å². The van der Waals surface area contributed by atoms with Crippen LogP contribution in [0, 0.1) is 0 Å². The molecule has 0 radical (unpaired) electrons. The molecule has 0 bridgehead atoms. The molecule has 2 aromatic rings. The highest BCUT2D eigenvalue weighted by molar-refractivity contribution is 5.91. The van der Waals surface area contributed by atoms with Crippen molar-refractivity contribution in [1.82, 2.24) is 9.78 Å². The van der Waals surface area contributed by atoms with Gasteiger partial charge in [-0.05, 0) is 17.0 Å². The van der Waals surface area contributed by atoms with Crippen LogP contribution >= 0.6 is 0 Å². The molecule has 25 heavy (non-hydrogen) atoms. The first-order valence-electron chi connectivity index (χ1n) is 7.90. The molecule has 3 rings (SSSR count). The van der Waals surface area contributed by atoms with Gasteiger partial charge in [-0.1, -0.05) is 38.1 Å². The van der Waals surface area contributed by atoms with Crippen LogP contribution in [0.5, 0.6) is 0 Å². The number of nitrogens with one attached hydrogen (secondary N) is 1. The van der Waals surface area contributed by atoms with Crippen molar-refractivity contribution >= 4 is 11.8 Å². The van der Waals surface area contributed by atoms with E-state index < -0.39 is 24.2 Å². The number of halogens is 3. The summed E-state index contributed by atoms with van der Waals surface area (Å²) in [6.07, 6.45) is -3.92. The van der Waals surface area contributed by atoms with Gasteiger partial charge in [-0.15, -0.1) is 0 Å². The van der Waals surface area contributed by atoms with Crippen molar-refractivity contribution in [2.24, 2.45) is 0 Å². The Morgan fingerprint density at radius 2 is 1.96 bits per heavy atom. The van der Waals surface area contributed by atoms with Crippen LogP contribution < -0.4 is 10.4 Å².